The van der Waals surface area contributed by atoms with Gasteiger partial charge in [-0.25, -0.2) is 0 Å². The highest BCUT2D eigenvalue weighted by Crippen LogP contribution is 2.33. The Morgan fingerprint density at radius 1 is 1.24 bits per heavy atom. The van der Waals surface area contributed by atoms with Crippen molar-refractivity contribution in [2.75, 3.05) is 7.11 Å². The van der Waals surface area contributed by atoms with E-state index in [1.54, 1.807) is 18.4 Å². The van der Waals surface area contributed by atoms with E-state index in [0.29, 0.717) is 0 Å². The van der Waals surface area contributed by atoms with E-state index in [0.717, 1.165) is 11.3 Å². The number of rotatable bonds is 3. The summed E-state index contributed by atoms with van der Waals surface area (Å²) in [6.07, 6.45) is 0. The highest BCUT2D eigenvalue weighted by molar-refractivity contribution is 7.12. The number of hydrogen-bond acceptors (Lipinski definition) is 3. The number of nitrogens with two attached hydrogens (primary N) is 1. The van der Waals surface area contributed by atoms with Gasteiger partial charge < -0.3 is 10.5 Å². The van der Waals surface area contributed by atoms with Crippen LogP contribution in [-0.2, 0) is 5.54 Å². The molecule has 1 aromatic heterocycles. The molecule has 1 heterocycles. The molecule has 2 rings (SSSR count). The number of benzene rings is 1. The number of aryl methyl sites for hydroxylation is 1. The Morgan fingerprint density at radius 2 is 2.00 bits per heavy atom. The molecule has 0 aliphatic rings. The van der Waals surface area contributed by atoms with Crippen LogP contribution in [0.1, 0.15) is 22.2 Å². The SMILES string of the molecule is COc1cccc(C(C)(N)c2ccc(C)s2)c1. The van der Waals surface area contributed by atoms with Crippen LogP contribution in [-0.4, -0.2) is 7.11 Å². The van der Waals surface area contributed by atoms with Crippen molar-refractivity contribution in [1.29, 1.82) is 0 Å². The van der Waals surface area contributed by atoms with Gasteiger partial charge in [-0.3, -0.25) is 0 Å². The fourth-order valence-electron chi connectivity index (χ4n) is 1.80. The van der Waals surface area contributed by atoms with Crippen LogP contribution < -0.4 is 10.5 Å². The smallest absolute Gasteiger partial charge is 0.119 e. The summed E-state index contributed by atoms with van der Waals surface area (Å²) < 4.78 is 5.24. The molecule has 0 aliphatic heterocycles. The van der Waals surface area contributed by atoms with E-state index in [-0.39, 0.29) is 0 Å². The van der Waals surface area contributed by atoms with E-state index >= 15 is 0 Å². The van der Waals surface area contributed by atoms with Gasteiger partial charge in [-0.1, -0.05) is 12.1 Å². The van der Waals surface area contributed by atoms with Crippen molar-refractivity contribution in [3.05, 3.63) is 51.7 Å². The molecule has 0 saturated carbocycles. The highest BCUT2D eigenvalue weighted by Gasteiger charge is 2.25. The number of thiophene rings is 1. The average molecular weight is 247 g/mol. The molecule has 0 aliphatic carbocycles. The maximum Gasteiger partial charge on any atom is 0.119 e. The molecule has 2 N–H and O–H groups in total. The number of ether oxygens (including phenoxy) is 1. The van der Waals surface area contributed by atoms with Gasteiger partial charge in [-0.2, -0.15) is 0 Å². The molecule has 90 valence electrons. The van der Waals surface area contributed by atoms with Crippen molar-refractivity contribution >= 4 is 11.3 Å². The zero-order valence-electron chi connectivity index (χ0n) is 10.4. The Kier molecular flexibility index (Phi) is 3.22. The van der Waals surface area contributed by atoms with Crippen LogP contribution in [0, 0.1) is 6.92 Å². The minimum Gasteiger partial charge on any atom is -0.497 e. The van der Waals surface area contributed by atoms with Gasteiger partial charge in [0.1, 0.15) is 5.75 Å². The molecule has 0 radical (unpaired) electrons. The summed E-state index contributed by atoms with van der Waals surface area (Å²) in [4.78, 5) is 2.45. The Bertz CT molecular complexity index is 516. The monoisotopic (exact) mass is 247 g/mol. The zero-order valence-corrected chi connectivity index (χ0v) is 11.2. The van der Waals surface area contributed by atoms with Crippen molar-refractivity contribution in [2.45, 2.75) is 19.4 Å². The van der Waals surface area contributed by atoms with Crippen LogP contribution in [0.15, 0.2) is 36.4 Å². The van der Waals surface area contributed by atoms with E-state index in [1.165, 1.54) is 9.75 Å². The van der Waals surface area contributed by atoms with Crippen LogP contribution >= 0.6 is 11.3 Å². The Hall–Kier alpha value is -1.32. The molecule has 2 aromatic rings. The molecule has 0 saturated heterocycles. The normalized spacial score (nSPS) is 14.4. The van der Waals surface area contributed by atoms with E-state index in [4.69, 9.17) is 10.5 Å². The summed E-state index contributed by atoms with van der Waals surface area (Å²) in [7, 11) is 1.67. The van der Waals surface area contributed by atoms with Crippen molar-refractivity contribution in [3.63, 3.8) is 0 Å². The average Bonchev–Trinajstić information content (AvgIpc) is 2.76. The summed E-state index contributed by atoms with van der Waals surface area (Å²) in [6, 6.07) is 12.1. The Labute approximate surface area is 106 Å². The maximum absolute atomic E-state index is 6.45. The van der Waals surface area contributed by atoms with Gasteiger partial charge >= 0.3 is 0 Å². The minimum atomic E-state index is -0.465. The van der Waals surface area contributed by atoms with E-state index in [2.05, 4.69) is 19.1 Å². The summed E-state index contributed by atoms with van der Waals surface area (Å²) >= 11 is 1.74. The van der Waals surface area contributed by atoms with Gasteiger partial charge in [0.2, 0.25) is 0 Å². The lowest BCUT2D eigenvalue weighted by atomic mass is 9.91. The third-order valence-corrected chi connectivity index (χ3v) is 4.16. The van der Waals surface area contributed by atoms with E-state index in [9.17, 15) is 0 Å². The first-order chi connectivity index (χ1) is 8.04. The molecule has 0 amide bonds. The third-order valence-electron chi connectivity index (χ3n) is 2.92. The predicted octanol–water partition coefficient (Wildman–Crippen LogP) is 3.29. The lowest BCUT2D eigenvalue weighted by molar-refractivity contribution is 0.413. The molecule has 0 spiro atoms. The lowest BCUT2D eigenvalue weighted by Crippen LogP contribution is -2.33. The minimum absolute atomic E-state index is 0.465. The maximum atomic E-state index is 6.45. The molecule has 17 heavy (non-hydrogen) atoms. The van der Waals surface area contributed by atoms with Crippen LogP contribution in [0.5, 0.6) is 5.75 Å². The molecule has 2 nitrogen and oxygen atoms in total. The third kappa shape index (κ3) is 2.35. The summed E-state index contributed by atoms with van der Waals surface area (Å²) in [5, 5.41) is 0. The van der Waals surface area contributed by atoms with E-state index in [1.807, 2.05) is 31.2 Å². The summed E-state index contributed by atoms with van der Waals surface area (Å²) in [5.41, 5.74) is 7.05. The summed E-state index contributed by atoms with van der Waals surface area (Å²) in [6.45, 7) is 4.13. The van der Waals surface area contributed by atoms with Gasteiger partial charge in [0.05, 0.1) is 12.6 Å². The van der Waals surface area contributed by atoms with Crippen molar-refractivity contribution in [1.82, 2.24) is 0 Å². The molecular formula is C14H17NOS. The second kappa shape index (κ2) is 4.51. The molecule has 1 unspecified atom stereocenters. The molecule has 1 aromatic carbocycles. The fourth-order valence-corrected chi connectivity index (χ4v) is 2.75. The highest BCUT2D eigenvalue weighted by atomic mass is 32.1. The van der Waals surface area contributed by atoms with Crippen LogP contribution in [0.2, 0.25) is 0 Å². The first kappa shape index (κ1) is 12.1. The van der Waals surface area contributed by atoms with Gasteiger partial charge in [0.15, 0.2) is 0 Å². The van der Waals surface area contributed by atoms with Crippen LogP contribution in [0.4, 0.5) is 0 Å². The second-order valence-electron chi connectivity index (χ2n) is 4.34. The summed E-state index contributed by atoms with van der Waals surface area (Å²) in [5.74, 6) is 0.840. The molecular weight excluding hydrogens is 230 g/mol. The lowest BCUT2D eigenvalue weighted by Gasteiger charge is -2.24. The molecule has 3 heteroatoms. The predicted molar refractivity (Wildman–Crippen MR) is 72.7 cm³/mol. The molecule has 1 atom stereocenters. The Balaban J connectivity index is 2.43. The largest absolute Gasteiger partial charge is 0.497 e. The zero-order chi connectivity index (χ0) is 12.5. The van der Waals surface area contributed by atoms with Crippen LogP contribution in [0.3, 0.4) is 0 Å². The fraction of sp³-hybridized carbons (Fsp3) is 0.286. The van der Waals surface area contributed by atoms with Gasteiger partial charge in [-0.15, -0.1) is 11.3 Å². The van der Waals surface area contributed by atoms with Crippen molar-refractivity contribution < 1.29 is 4.74 Å². The van der Waals surface area contributed by atoms with Gasteiger partial charge in [0, 0.05) is 9.75 Å². The van der Waals surface area contributed by atoms with E-state index < -0.39 is 5.54 Å². The first-order valence-electron chi connectivity index (χ1n) is 5.54. The second-order valence-corrected chi connectivity index (χ2v) is 5.63. The molecule has 0 fully saturated rings. The standard InChI is InChI=1S/C14H17NOS/c1-10-7-8-13(17-10)14(2,15)11-5-4-6-12(9-11)16-3/h4-9H,15H2,1-3H3. The van der Waals surface area contributed by atoms with Gasteiger partial charge in [0.25, 0.3) is 0 Å². The van der Waals surface area contributed by atoms with Crippen molar-refractivity contribution in [3.8, 4) is 5.75 Å². The first-order valence-corrected chi connectivity index (χ1v) is 6.36. The Morgan fingerprint density at radius 3 is 2.59 bits per heavy atom. The van der Waals surface area contributed by atoms with Crippen molar-refractivity contribution in [2.24, 2.45) is 5.73 Å². The quantitative estimate of drug-likeness (QED) is 0.903. The molecule has 0 bridgehead atoms. The topological polar surface area (TPSA) is 35.2 Å². The van der Waals surface area contributed by atoms with Crippen LogP contribution in [0.25, 0.3) is 0 Å². The van der Waals surface area contributed by atoms with Gasteiger partial charge in [-0.05, 0) is 43.7 Å². The number of hydrogen-bond donors (Lipinski definition) is 1. The number of methoxy groups -OCH3 is 1.